The number of aliphatic hydroxyl groups excluding tert-OH is 3. The first-order valence-electron chi connectivity index (χ1n) is 20.7. The molecule has 3 aliphatic heterocycles. The van der Waals surface area contributed by atoms with Gasteiger partial charge in [0, 0.05) is 38.7 Å². The summed E-state index contributed by atoms with van der Waals surface area (Å²) in [6.07, 6.45) is -9.40. The average Bonchev–Trinajstić information content (AvgIpc) is 3.72. The summed E-state index contributed by atoms with van der Waals surface area (Å²) in [6.45, 7) is 6.57. The quantitative estimate of drug-likeness (QED) is 0.0857. The number of cyclic esters (lactones) is 1. The van der Waals surface area contributed by atoms with E-state index in [0.29, 0.717) is 32.1 Å². The van der Waals surface area contributed by atoms with Crippen LogP contribution in [0.5, 0.6) is 0 Å². The maximum absolute atomic E-state index is 13.4. The van der Waals surface area contributed by atoms with Gasteiger partial charge in [-0.1, -0.05) is 6.92 Å². The van der Waals surface area contributed by atoms with E-state index in [1.165, 1.54) is 13.0 Å². The molecule has 6 fully saturated rings. The second kappa shape index (κ2) is 16.3. The van der Waals surface area contributed by atoms with Gasteiger partial charge < -0.3 is 68.2 Å². The van der Waals surface area contributed by atoms with Gasteiger partial charge in [-0.2, -0.15) is 0 Å². The van der Waals surface area contributed by atoms with Gasteiger partial charge in [-0.15, -0.1) is 0 Å². The Kier molecular flexibility index (Phi) is 12.2. The lowest BCUT2D eigenvalue weighted by atomic mass is 9.41. The standard InChI is InChI=1S/C41H58O18/c1-19-30(47)31(48)32(49)36(54-19)53-17-28-33(55-20(2)43)34(56-21(3)44)35(57-22(4)45)37(59-28)58-24-6-11-39(18-42)26-7-10-38(5)25(23-14-29(46)52-16-23)9-13-41(38,51)27(26)8-12-40(39,50)15-24/h14,18-19,24-28,30-37,47-51H,6-13,15-17H2,1-5H3/t19-,24-,25+,26-,27+,28+,30+,31-,32+,33-,34+,35-,36-,37-,38-,39+,40-,41+/m1/s1. The van der Waals surface area contributed by atoms with Crippen LogP contribution in [0.25, 0.3) is 0 Å². The Labute approximate surface area is 341 Å². The first-order chi connectivity index (χ1) is 27.8. The molecule has 0 unspecified atom stereocenters. The molecule has 0 spiro atoms. The van der Waals surface area contributed by atoms with Crippen molar-refractivity contribution in [3.05, 3.63) is 11.6 Å². The lowest BCUT2D eigenvalue weighted by molar-refractivity contribution is -0.341. The number of carbonyl (C=O) groups is 5. The van der Waals surface area contributed by atoms with Crippen molar-refractivity contribution in [3.8, 4) is 0 Å². The van der Waals surface area contributed by atoms with Gasteiger partial charge in [0.05, 0.1) is 35.4 Å². The average molecular weight is 839 g/mol. The van der Waals surface area contributed by atoms with Gasteiger partial charge in [0.2, 0.25) is 0 Å². The topological polar surface area (TPSA) is 260 Å². The minimum atomic E-state index is -1.68. The Balaban J connectivity index is 1.13. The van der Waals surface area contributed by atoms with Crippen molar-refractivity contribution >= 4 is 30.2 Å². The van der Waals surface area contributed by atoms with Gasteiger partial charge in [0.15, 0.2) is 30.9 Å². The van der Waals surface area contributed by atoms with Crippen molar-refractivity contribution in [2.24, 2.45) is 28.6 Å². The van der Waals surface area contributed by atoms with Crippen LogP contribution in [0.4, 0.5) is 0 Å². The van der Waals surface area contributed by atoms with Gasteiger partial charge in [-0.25, -0.2) is 4.79 Å². The lowest BCUT2D eigenvalue weighted by Gasteiger charge is -2.65. The molecule has 5 N–H and O–H groups in total. The van der Waals surface area contributed by atoms with Crippen LogP contribution in [0.2, 0.25) is 0 Å². The van der Waals surface area contributed by atoms with Gasteiger partial charge in [0.25, 0.3) is 0 Å². The third kappa shape index (κ3) is 7.53. The van der Waals surface area contributed by atoms with E-state index in [0.717, 1.165) is 32.6 Å². The molecule has 18 nitrogen and oxygen atoms in total. The minimum absolute atomic E-state index is 0.0285. The van der Waals surface area contributed by atoms with Crippen LogP contribution in [0.15, 0.2) is 11.6 Å². The maximum Gasteiger partial charge on any atom is 0.331 e. The van der Waals surface area contributed by atoms with Crippen molar-refractivity contribution in [3.63, 3.8) is 0 Å². The Morgan fingerprint density at radius 3 is 2.12 bits per heavy atom. The smallest absolute Gasteiger partial charge is 0.331 e. The fourth-order valence-electron chi connectivity index (χ4n) is 12.1. The normalized spacial score (nSPS) is 48.0. The third-order valence-corrected chi connectivity index (χ3v) is 14.9. The molecule has 330 valence electrons. The summed E-state index contributed by atoms with van der Waals surface area (Å²) in [5.41, 5.74) is -3.58. The van der Waals surface area contributed by atoms with Crippen LogP contribution in [-0.2, 0) is 61.9 Å². The van der Waals surface area contributed by atoms with Crippen LogP contribution >= 0.6 is 0 Å². The summed E-state index contributed by atoms with van der Waals surface area (Å²) in [7, 11) is 0. The van der Waals surface area contributed by atoms with Crippen LogP contribution in [0, 0.1) is 28.6 Å². The highest BCUT2D eigenvalue weighted by atomic mass is 16.8. The molecule has 0 amide bonds. The molecule has 3 heterocycles. The van der Waals surface area contributed by atoms with Crippen LogP contribution < -0.4 is 0 Å². The highest BCUT2D eigenvalue weighted by Crippen LogP contribution is 2.70. The molecule has 18 heteroatoms. The summed E-state index contributed by atoms with van der Waals surface area (Å²) in [6, 6.07) is 0. The maximum atomic E-state index is 13.4. The molecule has 18 atom stereocenters. The Bertz CT molecular complexity index is 1690. The molecule has 7 rings (SSSR count). The van der Waals surface area contributed by atoms with Crippen molar-refractivity contribution in [1.82, 2.24) is 0 Å². The first kappa shape index (κ1) is 44.0. The SMILES string of the molecule is CC(=O)O[C@@H]1[C@@H](OC(C)=O)[C@H](O[C@@H]2CC[C@]3(C=O)[C@@H]4CC[C@]5(C)[C@H](C6=CC(=O)OC6)CC[C@]5(O)[C@H]4CC[C@@]3(O)C2)O[C@@H](CO[C@@H]2O[C@H](C)[C@H](O)[C@@H](O)[C@@H]2O)[C@H]1OC(C)=O. The van der Waals surface area contributed by atoms with E-state index in [1.54, 1.807) is 0 Å². The van der Waals surface area contributed by atoms with Crippen molar-refractivity contribution in [2.75, 3.05) is 13.2 Å². The number of aliphatic hydroxyl groups is 5. The molecule has 0 aromatic carbocycles. The second-order valence-corrected chi connectivity index (χ2v) is 18.0. The van der Waals surface area contributed by atoms with Crippen molar-refractivity contribution in [1.29, 1.82) is 0 Å². The highest BCUT2D eigenvalue weighted by Gasteiger charge is 2.72. The van der Waals surface area contributed by atoms with Crippen molar-refractivity contribution in [2.45, 2.75) is 171 Å². The van der Waals surface area contributed by atoms with E-state index in [9.17, 15) is 49.5 Å². The molecular formula is C41H58O18. The predicted molar refractivity (Wildman–Crippen MR) is 196 cm³/mol. The zero-order valence-electron chi connectivity index (χ0n) is 34.1. The fraction of sp³-hybridized carbons (Fsp3) is 0.829. The summed E-state index contributed by atoms with van der Waals surface area (Å²) in [5, 5.41) is 56.3. The number of ether oxygens (including phenoxy) is 8. The Morgan fingerprint density at radius 1 is 0.814 bits per heavy atom. The number of rotatable bonds is 10. The molecule has 0 aromatic rings. The Morgan fingerprint density at radius 2 is 1.47 bits per heavy atom. The van der Waals surface area contributed by atoms with Crippen LogP contribution in [-0.4, -0.2) is 148 Å². The molecular weight excluding hydrogens is 780 g/mol. The van der Waals surface area contributed by atoms with E-state index >= 15 is 0 Å². The Hall–Kier alpha value is -3.07. The highest BCUT2D eigenvalue weighted by molar-refractivity contribution is 5.85. The van der Waals surface area contributed by atoms with Crippen molar-refractivity contribution < 1.29 is 87.4 Å². The minimum Gasteiger partial charge on any atom is -0.458 e. The summed E-state index contributed by atoms with van der Waals surface area (Å²) in [4.78, 5) is 62.8. The monoisotopic (exact) mass is 838 g/mol. The van der Waals surface area contributed by atoms with Crippen LogP contribution in [0.3, 0.4) is 0 Å². The predicted octanol–water partition coefficient (Wildman–Crippen LogP) is 0.287. The molecule has 0 aromatic heterocycles. The number of hydrogen-bond donors (Lipinski definition) is 5. The number of fused-ring (bicyclic) bond motifs is 5. The van der Waals surface area contributed by atoms with E-state index in [1.807, 2.05) is 0 Å². The molecule has 0 bridgehead atoms. The van der Waals surface area contributed by atoms with E-state index < -0.39 is 114 Å². The van der Waals surface area contributed by atoms with E-state index in [-0.39, 0.29) is 56.0 Å². The molecule has 2 saturated heterocycles. The van der Waals surface area contributed by atoms with E-state index in [2.05, 4.69) is 6.92 Å². The van der Waals surface area contributed by atoms with Crippen LogP contribution in [0.1, 0.15) is 92.4 Å². The third-order valence-electron chi connectivity index (χ3n) is 14.9. The molecule has 7 aliphatic rings. The molecule has 4 saturated carbocycles. The number of esters is 4. The summed E-state index contributed by atoms with van der Waals surface area (Å²) in [5.74, 6) is -3.49. The largest absolute Gasteiger partial charge is 0.458 e. The van der Waals surface area contributed by atoms with Gasteiger partial charge in [0.1, 0.15) is 37.3 Å². The fourth-order valence-corrected chi connectivity index (χ4v) is 12.1. The second-order valence-electron chi connectivity index (χ2n) is 18.0. The van der Waals surface area contributed by atoms with E-state index in [4.69, 9.17) is 37.9 Å². The zero-order chi connectivity index (χ0) is 42.8. The number of carbonyl (C=O) groups excluding carboxylic acids is 5. The number of hydrogen-bond acceptors (Lipinski definition) is 18. The summed E-state index contributed by atoms with van der Waals surface area (Å²) >= 11 is 0. The number of aldehydes is 1. The molecule has 4 aliphatic carbocycles. The zero-order valence-corrected chi connectivity index (χ0v) is 34.1. The van der Waals surface area contributed by atoms with Gasteiger partial charge >= 0.3 is 23.9 Å². The molecule has 0 radical (unpaired) electrons. The summed E-state index contributed by atoms with van der Waals surface area (Å²) < 4.78 is 46.2. The van der Waals surface area contributed by atoms with Gasteiger partial charge in [-0.3, -0.25) is 14.4 Å². The lowest BCUT2D eigenvalue weighted by Crippen LogP contribution is -2.69. The molecule has 59 heavy (non-hydrogen) atoms. The van der Waals surface area contributed by atoms with Gasteiger partial charge in [-0.05, 0) is 81.6 Å². The first-order valence-corrected chi connectivity index (χ1v) is 20.7.